The molecule has 0 spiro atoms. The zero-order valence-electron chi connectivity index (χ0n) is 12.8. The molecule has 1 aliphatic carbocycles. The second-order valence-electron chi connectivity index (χ2n) is 6.09. The topological polar surface area (TPSA) is 52.9 Å². The molecule has 3 heteroatoms. The summed E-state index contributed by atoms with van der Waals surface area (Å²) in [5.74, 6) is 0.384. The number of amides is 1. The van der Waals surface area contributed by atoms with Gasteiger partial charge in [-0.1, -0.05) is 44.4 Å². The van der Waals surface area contributed by atoms with E-state index in [1.54, 1.807) is 0 Å². The number of nitrogens with zero attached hydrogens (tertiary/aromatic N) is 1. The average Bonchev–Trinajstić information content (AvgIpc) is 3.01. The van der Waals surface area contributed by atoms with E-state index >= 15 is 0 Å². The van der Waals surface area contributed by atoms with Gasteiger partial charge >= 0.3 is 0 Å². The summed E-state index contributed by atoms with van der Waals surface area (Å²) < 4.78 is 0. The normalized spacial score (nSPS) is 17.9. The lowest BCUT2D eigenvalue weighted by Crippen LogP contribution is -2.40. The number of carbonyl (C=O) groups is 1. The second-order valence-corrected chi connectivity index (χ2v) is 6.09. The van der Waals surface area contributed by atoms with E-state index in [2.05, 4.69) is 18.3 Å². The van der Waals surface area contributed by atoms with Gasteiger partial charge in [-0.15, -0.1) is 0 Å². The lowest BCUT2D eigenvalue weighted by Gasteiger charge is -2.36. The predicted octanol–water partition coefficient (Wildman–Crippen LogP) is 3.92. The monoisotopic (exact) mass is 284 g/mol. The highest BCUT2D eigenvalue weighted by molar-refractivity contribution is 5.94. The third kappa shape index (κ3) is 3.64. The van der Waals surface area contributed by atoms with E-state index in [1.807, 2.05) is 30.3 Å². The van der Waals surface area contributed by atoms with Crippen LogP contribution in [-0.4, -0.2) is 12.5 Å². The summed E-state index contributed by atoms with van der Waals surface area (Å²) in [4.78, 5) is 12.2. The second kappa shape index (κ2) is 7.26. The van der Waals surface area contributed by atoms with E-state index in [9.17, 15) is 4.79 Å². The van der Waals surface area contributed by atoms with Crippen molar-refractivity contribution >= 4 is 5.91 Å². The molecule has 112 valence electrons. The highest BCUT2D eigenvalue weighted by Crippen LogP contribution is 2.46. The van der Waals surface area contributed by atoms with E-state index in [0.717, 1.165) is 19.3 Å². The summed E-state index contributed by atoms with van der Waals surface area (Å²) in [6.45, 7) is 2.85. The van der Waals surface area contributed by atoms with Gasteiger partial charge in [-0.3, -0.25) is 4.79 Å². The standard InChI is InChI=1S/C18H24N2O/c1-2-16(10-13-19)18(11-6-7-12-18)14-20-17(21)15-8-4-3-5-9-15/h3-5,8-9,16H,2,6-7,10-12,14H2,1H3,(H,20,21). The smallest absolute Gasteiger partial charge is 0.251 e. The van der Waals surface area contributed by atoms with Crippen molar-refractivity contribution in [1.29, 1.82) is 5.26 Å². The molecular weight excluding hydrogens is 260 g/mol. The van der Waals surface area contributed by atoms with Crippen molar-refractivity contribution in [2.45, 2.75) is 45.4 Å². The molecule has 2 rings (SSSR count). The number of nitrogens with one attached hydrogen (secondary N) is 1. The van der Waals surface area contributed by atoms with Crippen molar-refractivity contribution in [3.8, 4) is 6.07 Å². The van der Waals surface area contributed by atoms with Crippen LogP contribution in [-0.2, 0) is 0 Å². The van der Waals surface area contributed by atoms with Crippen LogP contribution in [0.25, 0.3) is 0 Å². The summed E-state index contributed by atoms with van der Waals surface area (Å²) >= 11 is 0. The molecule has 1 amide bonds. The fourth-order valence-corrected chi connectivity index (χ4v) is 3.66. The number of nitriles is 1. The maximum atomic E-state index is 12.2. The van der Waals surface area contributed by atoms with E-state index in [-0.39, 0.29) is 11.3 Å². The summed E-state index contributed by atoms with van der Waals surface area (Å²) in [5, 5.41) is 12.2. The Labute approximate surface area is 127 Å². The molecule has 0 heterocycles. The Morgan fingerprint density at radius 1 is 1.33 bits per heavy atom. The lowest BCUT2D eigenvalue weighted by molar-refractivity contribution is 0.0893. The Kier molecular flexibility index (Phi) is 5.38. The summed E-state index contributed by atoms with van der Waals surface area (Å²) in [6.07, 6.45) is 6.28. The van der Waals surface area contributed by atoms with Crippen LogP contribution in [0.2, 0.25) is 0 Å². The van der Waals surface area contributed by atoms with Crippen LogP contribution in [0.1, 0.15) is 55.8 Å². The van der Waals surface area contributed by atoms with Crippen LogP contribution in [0, 0.1) is 22.7 Å². The molecule has 21 heavy (non-hydrogen) atoms. The van der Waals surface area contributed by atoms with Gasteiger partial charge in [-0.2, -0.15) is 5.26 Å². The highest BCUT2D eigenvalue weighted by Gasteiger charge is 2.40. The molecular formula is C18H24N2O. The third-order valence-electron chi connectivity index (χ3n) is 4.93. The van der Waals surface area contributed by atoms with Gasteiger partial charge in [-0.25, -0.2) is 0 Å². The summed E-state index contributed by atoms with van der Waals surface area (Å²) in [5.41, 5.74) is 0.827. The maximum absolute atomic E-state index is 12.2. The molecule has 0 aliphatic heterocycles. The Morgan fingerprint density at radius 3 is 2.57 bits per heavy atom. The quantitative estimate of drug-likeness (QED) is 0.861. The van der Waals surface area contributed by atoms with Crippen molar-refractivity contribution in [2.24, 2.45) is 11.3 Å². The molecule has 1 N–H and O–H groups in total. The van der Waals surface area contributed by atoms with E-state index in [1.165, 1.54) is 12.8 Å². The number of rotatable bonds is 6. The van der Waals surface area contributed by atoms with Gasteiger partial charge in [0.05, 0.1) is 6.07 Å². The molecule has 3 nitrogen and oxygen atoms in total. The Hall–Kier alpha value is -1.82. The van der Waals surface area contributed by atoms with E-state index < -0.39 is 0 Å². The molecule has 0 aromatic heterocycles. The first-order chi connectivity index (χ1) is 10.2. The van der Waals surface area contributed by atoms with Gasteiger partial charge in [0, 0.05) is 18.5 Å². The molecule has 1 unspecified atom stereocenters. The SMILES string of the molecule is CCC(CC#N)C1(CNC(=O)c2ccccc2)CCCC1. The number of benzene rings is 1. The van der Waals surface area contributed by atoms with Crippen LogP contribution in [0.4, 0.5) is 0 Å². The minimum absolute atomic E-state index is 0.00585. The third-order valence-corrected chi connectivity index (χ3v) is 4.93. The average molecular weight is 284 g/mol. The Balaban J connectivity index is 2.04. The molecule has 1 saturated carbocycles. The van der Waals surface area contributed by atoms with Crippen molar-refractivity contribution in [1.82, 2.24) is 5.32 Å². The van der Waals surface area contributed by atoms with Gasteiger partial charge < -0.3 is 5.32 Å². The van der Waals surface area contributed by atoms with E-state index in [0.29, 0.717) is 24.4 Å². The molecule has 1 fully saturated rings. The van der Waals surface area contributed by atoms with Crippen LogP contribution in [0.3, 0.4) is 0 Å². The first-order valence-electron chi connectivity index (χ1n) is 7.92. The van der Waals surface area contributed by atoms with Crippen LogP contribution in [0.15, 0.2) is 30.3 Å². The first-order valence-corrected chi connectivity index (χ1v) is 7.92. The Bertz CT molecular complexity index is 498. The van der Waals surface area contributed by atoms with Gasteiger partial charge in [0.1, 0.15) is 0 Å². The van der Waals surface area contributed by atoms with Gasteiger partial charge in [0.2, 0.25) is 0 Å². The number of carbonyl (C=O) groups excluding carboxylic acids is 1. The molecule has 1 atom stereocenters. The zero-order chi connectivity index (χ0) is 15.1. The maximum Gasteiger partial charge on any atom is 0.251 e. The van der Waals surface area contributed by atoms with E-state index in [4.69, 9.17) is 5.26 Å². The van der Waals surface area contributed by atoms with Crippen molar-refractivity contribution in [3.05, 3.63) is 35.9 Å². The lowest BCUT2D eigenvalue weighted by atomic mass is 9.71. The minimum atomic E-state index is -0.00585. The fourth-order valence-electron chi connectivity index (χ4n) is 3.66. The largest absolute Gasteiger partial charge is 0.351 e. The molecule has 0 radical (unpaired) electrons. The first kappa shape index (κ1) is 15.6. The Morgan fingerprint density at radius 2 is 2.00 bits per heavy atom. The van der Waals surface area contributed by atoms with Crippen molar-refractivity contribution in [2.75, 3.05) is 6.54 Å². The molecule has 1 aliphatic rings. The van der Waals surface area contributed by atoms with Gasteiger partial charge in [0.25, 0.3) is 5.91 Å². The van der Waals surface area contributed by atoms with Crippen LogP contribution >= 0.6 is 0 Å². The van der Waals surface area contributed by atoms with Crippen molar-refractivity contribution < 1.29 is 4.79 Å². The minimum Gasteiger partial charge on any atom is -0.351 e. The zero-order valence-corrected chi connectivity index (χ0v) is 12.8. The summed E-state index contributed by atoms with van der Waals surface area (Å²) in [7, 11) is 0. The molecule has 1 aromatic rings. The number of hydrogen-bond donors (Lipinski definition) is 1. The number of hydrogen-bond acceptors (Lipinski definition) is 2. The molecule has 0 saturated heterocycles. The van der Waals surface area contributed by atoms with Gasteiger partial charge in [0.15, 0.2) is 0 Å². The highest BCUT2D eigenvalue weighted by atomic mass is 16.1. The molecule has 0 bridgehead atoms. The molecule has 1 aromatic carbocycles. The predicted molar refractivity (Wildman–Crippen MR) is 83.7 cm³/mol. The van der Waals surface area contributed by atoms with Crippen molar-refractivity contribution in [3.63, 3.8) is 0 Å². The van der Waals surface area contributed by atoms with Gasteiger partial charge in [-0.05, 0) is 36.3 Å². The van der Waals surface area contributed by atoms with Crippen LogP contribution < -0.4 is 5.32 Å². The van der Waals surface area contributed by atoms with Crippen LogP contribution in [0.5, 0.6) is 0 Å². The fraction of sp³-hybridized carbons (Fsp3) is 0.556. The summed E-state index contributed by atoms with van der Waals surface area (Å²) in [6, 6.07) is 11.7.